The molecule has 26 heavy (non-hydrogen) atoms. The van der Waals surface area contributed by atoms with E-state index in [1.807, 2.05) is 6.07 Å². The molecule has 4 nitrogen and oxygen atoms in total. The Morgan fingerprint density at radius 2 is 1.92 bits per heavy atom. The molecule has 0 fully saturated rings. The first-order valence-electron chi connectivity index (χ1n) is 9.60. The van der Waals surface area contributed by atoms with Crippen LogP contribution in [0.5, 0.6) is 0 Å². The largest absolute Gasteiger partial charge is 0.372 e. The van der Waals surface area contributed by atoms with Gasteiger partial charge in [0, 0.05) is 49.7 Å². The summed E-state index contributed by atoms with van der Waals surface area (Å²) < 4.78 is 0. The van der Waals surface area contributed by atoms with Gasteiger partial charge in [-0.05, 0) is 62.6 Å². The summed E-state index contributed by atoms with van der Waals surface area (Å²) >= 11 is 0. The number of para-hydroxylation sites is 1. The molecule has 2 aromatic rings. The lowest BCUT2D eigenvalue weighted by Crippen LogP contribution is -2.26. The summed E-state index contributed by atoms with van der Waals surface area (Å²) in [5.41, 5.74) is 5.89. The molecular weight excluding hydrogens is 322 g/mol. The summed E-state index contributed by atoms with van der Waals surface area (Å²) in [6.07, 6.45) is 1.58. The van der Waals surface area contributed by atoms with E-state index in [0.717, 1.165) is 43.9 Å². The second kappa shape index (κ2) is 8.26. The number of rotatable bonds is 7. The molecule has 0 atom stereocenters. The number of benzene rings is 2. The molecule has 0 saturated carbocycles. The quantitative estimate of drug-likeness (QED) is 0.811. The zero-order valence-electron chi connectivity index (χ0n) is 16.1. The third-order valence-electron chi connectivity index (χ3n) is 5.20. The average Bonchev–Trinajstić information content (AvgIpc) is 3.06. The summed E-state index contributed by atoms with van der Waals surface area (Å²) in [5.74, 6) is 0.0769. The number of carbonyl (C=O) groups excluding carboxylic acids is 1. The van der Waals surface area contributed by atoms with Crippen LogP contribution in [0.15, 0.2) is 42.5 Å². The molecule has 4 heteroatoms. The average molecular weight is 351 g/mol. The van der Waals surface area contributed by atoms with Gasteiger partial charge in [-0.2, -0.15) is 0 Å². The molecule has 1 aliphatic heterocycles. The van der Waals surface area contributed by atoms with Crippen molar-refractivity contribution >= 4 is 23.0 Å². The number of carbonyl (C=O) groups is 1. The molecule has 1 N–H and O–H groups in total. The van der Waals surface area contributed by atoms with Gasteiger partial charge in [0.2, 0.25) is 5.91 Å². The van der Waals surface area contributed by atoms with Gasteiger partial charge in [0.1, 0.15) is 0 Å². The summed E-state index contributed by atoms with van der Waals surface area (Å²) in [5, 5.41) is 3.08. The molecular formula is C22H29N3O. The van der Waals surface area contributed by atoms with Gasteiger partial charge in [-0.3, -0.25) is 4.79 Å². The smallest absolute Gasteiger partial charge is 0.226 e. The van der Waals surface area contributed by atoms with E-state index < -0.39 is 0 Å². The Bertz CT molecular complexity index is 768. The molecule has 3 rings (SSSR count). The molecule has 0 spiro atoms. The van der Waals surface area contributed by atoms with Gasteiger partial charge in [-0.15, -0.1) is 0 Å². The summed E-state index contributed by atoms with van der Waals surface area (Å²) in [7, 11) is 0. The SMILES string of the molecule is CCN(CC)c1ccc(NC(=O)CCN2CCc3ccccc32)c(C)c1. The number of hydrogen-bond donors (Lipinski definition) is 1. The van der Waals surface area contributed by atoms with Crippen molar-refractivity contribution in [3.63, 3.8) is 0 Å². The van der Waals surface area contributed by atoms with E-state index in [1.54, 1.807) is 0 Å². The third kappa shape index (κ3) is 4.01. The zero-order chi connectivity index (χ0) is 18.5. The summed E-state index contributed by atoms with van der Waals surface area (Å²) in [4.78, 5) is 17.0. The highest BCUT2D eigenvalue weighted by Crippen LogP contribution is 2.27. The van der Waals surface area contributed by atoms with Gasteiger partial charge >= 0.3 is 0 Å². The Morgan fingerprint density at radius 3 is 2.65 bits per heavy atom. The van der Waals surface area contributed by atoms with Crippen LogP contribution in [-0.2, 0) is 11.2 Å². The van der Waals surface area contributed by atoms with E-state index in [2.05, 4.69) is 72.3 Å². The fourth-order valence-corrected chi connectivity index (χ4v) is 3.66. The number of nitrogens with zero attached hydrogens (tertiary/aromatic N) is 2. The van der Waals surface area contributed by atoms with E-state index in [1.165, 1.54) is 16.9 Å². The standard InChI is InChI=1S/C22H29N3O/c1-4-24(5-2)19-10-11-20(17(3)16-19)23-22(26)13-15-25-14-12-18-8-6-7-9-21(18)25/h6-11,16H,4-5,12-15H2,1-3H3,(H,23,26). The number of anilines is 3. The first-order valence-corrected chi connectivity index (χ1v) is 9.60. The van der Waals surface area contributed by atoms with Crippen LogP contribution in [0.25, 0.3) is 0 Å². The van der Waals surface area contributed by atoms with E-state index >= 15 is 0 Å². The zero-order valence-corrected chi connectivity index (χ0v) is 16.1. The predicted octanol–water partition coefficient (Wildman–Crippen LogP) is 4.23. The predicted molar refractivity (Wildman–Crippen MR) is 110 cm³/mol. The van der Waals surface area contributed by atoms with Crippen molar-refractivity contribution in [3.05, 3.63) is 53.6 Å². The maximum absolute atomic E-state index is 12.4. The second-order valence-corrected chi connectivity index (χ2v) is 6.84. The van der Waals surface area contributed by atoms with E-state index in [-0.39, 0.29) is 5.91 Å². The Hall–Kier alpha value is -2.49. The molecule has 1 heterocycles. The van der Waals surface area contributed by atoms with Crippen molar-refractivity contribution in [1.82, 2.24) is 0 Å². The summed E-state index contributed by atoms with van der Waals surface area (Å²) in [6.45, 7) is 10.1. The maximum Gasteiger partial charge on any atom is 0.226 e. The lowest BCUT2D eigenvalue weighted by molar-refractivity contribution is -0.116. The highest BCUT2D eigenvalue weighted by molar-refractivity contribution is 5.92. The van der Waals surface area contributed by atoms with Crippen LogP contribution in [0.2, 0.25) is 0 Å². The van der Waals surface area contributed by atoms with E-state index in [9.17, 15) is 4.79 Å². The highest BCUT2D eigenvalue weighted by atomic mass is 16.1. The van der Waals surface area contributed by atoms with Crippen LogP contribution in [0.4, 0.5) is 17.1 Å². The Balaban J connectivity index is 1.57. The Kier molecular flexibility index (Phi) is 5.82. The van der Waals surface area contributed by atoms with Crippen molar-refractivity contribution in [3.8, 4) is 0 Å². The highest BCUT2D eigenvalue weighted by Gasteiger charge is 2.18. The fourth-order valence-electron chi connectivity index (χ4n) is 3.66. The minimum atomic E-state index is 0.0769. The Morgan fingerprint density at radius 1 is 1.15 bits per heavy atom. The molecule has 0 bridgehead atoms. The fraction of sp³-hybridized carbons (Fsp3) is 0.409. The monoisotopic (exact) mass is 351 g/mol. The molecule has 0 radical (unpaired) electrons. The number of fused-ring (bicyclic) bond motifs is 1. The first kappa shape index (κ1) is 18.3. The number of amides is 1. The molecule has 0 aliphatic carbocycles. The normalized spacial score (nSPS) is 12.8. The van der Waals surface area contributed by atoms with Crippen LogP contribution >= 0.6 is 0 Å². The summed E-state index contributed by atoms with van der Waals surface area (Å²) in [6, 6.07) is 14.7. The molecule has 1 amide bonds. The number of hydrogen-bond acceptors (Lipinski definition) is 3. The lowest BCUT2D eigenvalue weighted by atomic mass is 10.1. The van der Waals surface area contributed by atoms with Crippen LogP contribution in [0.3, 0.4) is 0 Å². The first-order chi connectivity index (χ1) is 12.6. The second-order valence-electron chi connectivity index (χ2n) is 6.84. The van der Waals surface area contributed by atoms with Gasteiger partial charge < -0.3 is 15.1 Å². The van der Waals surface area contributed by atoms with Crippen LogP contribution in [0.1, 0.15) is 31.4 Å². The van der Waals surface area contributed by atoms with E-state index in [0.29, 0.717) is 6.42 Å². The van der Waals surface area contributed by atoms with Gasteiger partial charge in [0.25, 0.3) is 0 Å². The third-order valence-corrected chi connectivity index (χ3v) is 5.20. The van der Waals surface area contributed by atoms with Crippen LogP contribution in [0, 0.1) is 6.92 Å². The number of nitrogens with one attached hydrogen (secondary N) is 1. The van der Waals surface area contributed by atoms with Crippen molar-refractivity contribution < 1.29 is 4.79 Å². The number of aryl methyl sites for hydroxylation is 1. The maximum atomic E-state index is 12.4. The van der Waals surface area contributed by atoms with Crippen LogP contribution < -0.4 is 15.1 Å². The lowest BCUT2D eigenvalue weighted by Gasteiger charge is -2.22. The van der Waals surface area contributed by atoms with Gasteiger partial charge in [-0.25, -0.2) is 0 Å². The molecule has 0 aromatic heterocycles. The topological polar surface area (TPSA) is 35.6 Å². The van der Waals surface area contributed by atoms with Crippen LogP contribution in [-0.4, -0.2) is 32.1 Å². The molecule has 1 aliphatic rings. The van der Waals surface area contributed by atoms with Crippen molar-refractivity contribution in [2.24, 2.45) is 0 Å². The van der Waals surface area contributed by atoms with Crippen molar-refractivity contribution in [2.45, 2.75) is 33.6 Å². The van der Waals surface area contributed by atoms with Crippen molar-refractivity contribution in [1.29, 1.82) is 0 Å². The molecule has 138 valence electrons. The van der Waals surface area contributed by atoms with Gasteiger partial charge in [0.15, 0.2) is 0 Å². The van der Waals surface area contributed by atoms with Crippen molar-refractivity contribution in [2.75, 3.05) is 41.3 Å². The van der Waals surface area contributed by atoms with Gasteiger partial charge in [-0.1, -0.05) is 18.2 Å². The molecule has 2 aromatic carbocycles. The molecule has 0 saturated heterocycles. The Labute approximate surface area is 156 Å². The van der Waals surface area contributed by atoms with Gasteiger partial charge in [0.05, 0.1) is 0 Å². The molecule has 0 unspecified atom stereocenters. The minimum absolute atomic E-state index is 0.0769. The minimum Gasteiger partial charge on any atom is -0.372 e. The van der Waals surface area contributed by atoms with E-state index in [4.69, 9.17) is 0 Å².